The van der Waals surface area contributed by atoms with Crippen molar-refractivity contribution in [1.29, 1.82) is 0 Å². The van der Waals surface area contributed by atoms with Crippen LogP contribution in [-0.2, 0) is 17.8 Å². The second-order valence-electron chi connectivity index (χ2n) is 5.64. The average Bonchev–Trinajstić information content (AvgIpc) is 2.89. The van der Waals surface area contributed by atoms with Crippen molar-refractivity contribution >= 4 is 22.6 Å². The summed E-state index contributed by atoms with van der Waals surface area (Å²) in [7, 11) is 0. The number of rotatable bonds is 2. The molecule has 0 saturated carbocycles. The van der Waals surface area contributed by atoms with Crippen molar-refractivity contribution in [3.63, 3.8) is 0 Å². The topological polar surface area (TPSA) is 43.6 Å². The molecule has 1 aliphatic heterocycles. The molecule has 0 unspecified atom stereocenters. The van der Waals surface area contributed by atoms with Crippen LogP contribution in [0.3, 0.4) is 0 Å². The summed E-state index contributed by atoms with van der Waals surface area (Å²) in [5.41, 5.74) is 4.54. The van der Waals surface area contributed by atoms with Crippen LogP contribution in [0.25, 0.3) is 10.9 Å². The van der Waals surface area contributed by atoms with Gasteiger partial charge in [0.25, 0.3) is 0 Å². The minimum Gasteiger partial charge on any atom is -0.329 e. The molecule has 114 valence electrons. The maximum Gasteiger partial charge on any atom is 0.382 e. The van der Waals surface area contributed by atoms with Gasteiger partial charge in [0.15, 0.2) is 0 Å². The van der Waals surface area contributed by atoms with Crippen LogP contribution in [0.1, 0.15) is 28.5 Å². The molecule has 0 aliphatic carbocycles. The molecule has 0 amide bonds. The SMILES string of the molecule is CCc1ccc(C2=NOC(=O)c3cc4ccccc4n3C2)cc1. The van der Waals surface area contributed by atoms with Gasteiger partial charge in [0.05, 0.1) is 6.54 Å². The van der Waals surface area contributed by atoms with Gasteiger partial charge in [0, 0.05) is 16.5 Å². The first-order valence-corrected chi connectivity index (χ1v) is 7.72. The minimum absolute atomic E-state index is 0.415. The number of fused-ring (bicyclic) bond motifs is 3. The predicted molar refractivity (Wildman–Crippen MR) is 89.7 cm³/mol. The van der Waals surface area contributed by atoms with E-state index in [0.717, 1.165) is 28.6 Å². The number of carbonyl (C=O) groups is 1. The van der Waals surface area contributed by atoms with Gasteiger partial charge in [0.1, 0.15) is 11.4 Å². The van der Waals surface area contributed by atoms with Crippen LogP contribution in [0.2, 0.25) is 0 Å². The Hall–Kier alpha value is -2.88. The third kappa shape index (κ3) is 2.32. The van der Waals surface area contributed by atoms with Crippen molar-refractivity contribution in [2.45, 2.75) is 19.9 Å². The van der Waals surface area contributed by atoms with E-state index in [9.17, 15) is 4.79 Å². The third-order valence-corrected chi connectivity index (χ3v) is 4.26. The summed E-state index contributed by atoms with van der Waals surface area (Å²) in [5.74, 6) is -0.415. The number of carbonyl (C=O) groups excluding carboxylic acids is 1. The van der Waals surface area contributed by atoms with E-state index in [4.69, 9.17) is 4.84 Å². The lowest BCUT2D eigenvalue weighted by atomic mass is 10.1. The number of nitrogens with zero attached hydrogens (tertiary/aromatic N) is 2. The minimum atomic E-state index is -0.415. The van der Waals surface area contributed by atoms with Gasteiger partial charge in [-0.25, -0.2) is 4.79 Å². The van der Waals surface area contributed by atoms with Crippen molar-refractivity contribution in [3.05, 3.63) is 71.4 Å². The maximum absolute atomic E-state index is 12.2. The maximum atomic E-state index is 12.2. The molecule has 23 heavy (non-hydrogen) atoms. The van der Waals surface area contributed by atoms with Gasteiger partial charge in [-0.1, -0.05) is 54.5 Å². The van der Waals surface area contributed by atoms with E-state index in [1.165, 1.54) is 5.56 Å². The Morgan fingerprint density at radius 3 is 2.70 bits per heavy atom. The van der Waals surface area contributed by atoms with Crippen LogP contribution in [0.4, 0.5) is 0 Å². The fraction of sp³-hybridized carbons (Fsp3) is 0.158. The Balaban J connectivity index is 1.80. The summed E-state index contributed by atoms with van der Waals surface area (Å²) >= 11 is 0. The molecular weight excluding hydrogens is 288 g/mol. The summed E-state index contributed by atoms with van der Waals surface area (Å²) in [5, 5.41) is 5.10. The molecule has 3 aromatic rings. The van der Waals surface area contributed by atoms with Crippen LogP contribution in [0.5, 0.6) is 0 Å². The molecule has 0 N–H and O–H groups in total. The van der Waals surface area contributed by atoms with E-state index in [1.54, 1.807) is 0 Å². The molecule has 4 nitrogen and oxygen atoms in total. The predicted octanol–water partition coefficient (Wildman–Crippen LogP) is 3.78. The Labute approximate surface area is 134 Å². The van der Waals surface area contributed by atoms with Gasteiger partial charge in [-0.15, -0.1) is 0 Å². The number of aromatic nitrogens is 1. The van der Waals surface area contributed by atoms with Gasteiger partial charge >= 0.3 is 5.97 Å². The van der Waals surface area contributed by atoms with Crippen molar-refractivity contribution in [3.8, 4) is 0 Å². The molecule has 0 fully saturated rings. The van der Waals surface area contributed by atoms with E-state index < -0.39 is 5.97 Å². The zero-order chi connectivity index (χ0) is 15.8. The molecule has 4 heteroatoms. The lowest BCUT2D eigenvalue weighted by molar-refractivity contribution is 0.0513. The number of oxime groups is 1. The highest BCUT2D eigenvalue weighted by molar-refractivity contribution is 6.04. The Kier molecular flexibility index (Phi) is 3.23. The van der Waals surface area contributed by atoms with Crippen LogP contribution in [0, 0.1) is 0 Å². The largest absolute Gasteiger partial charge is 0.382 e. The summed E-state index contributed by atoms with van der Waals surface area (Å²) in [6.45, 7) is 2.64. The van der Waals surface area contributed by atoms with Crippen LogP contribution in [-0.4, -0.2) is 16.2 Å². The van der Waals surface area contributed by atoms with Crippen LogP contribution < -0.4 is 0 Å². The Morgan fingerprint density at radius 1 is 1.13 bits per heavy atom. The lowest BCUT2D eigenvalue weighted by Crippen LogP contribution is -2.12. The summed E-state index contributed by atoms with van der Waals surface area (Å²) in [6.07, 6.45) is 0.994. The third-order valence-electron chi connectivity index (χ3n) is 4.26. The first kappa shape index (κ1) is 13.8. The summed E-state index contributed by atoms with van der Waals surface area (Å²) < 4.78 is 1.97. The van der Waals surface area contributed by atoms with Crippen molar-refractivity contribution in [1.82, 2.24) is 4.57 Å². The molecule has 1 aromatic heterocycles. The number of hydrogen-bond acceptors (Lipinski definition) is 3. The Bertz CT molecular complexity index is 920. The number of aryl methyl sites for hydroxylation is 1. The number of para-hydroxylation sites is 1. The van der Waals surface area contributed by atoms with Gasteiger partial charge < -0.3 is 9.40 Å². The van der Waals surface area contributed by atoms with E-state index >= 15 is 0 Å². The molecule has 1 aliphatic rings. The number of benzene rings is 2. The zero-order valence-electron chi connectivity index (χ0n) is 12.8. The van der Waals surface area contributed by atoms with E-state index in [0.29, 0.717) is 12.2 Å². The molecule has 2 heterocycles. The molecular formula is C19H16N2O2. The van der Waals surface area contributed by atoms with Crippen molar-refractivity contribution in [2.24, 2.45) is 5.16 Å². The first-order chi connectivity index (χ1) is 11.3. The van der Waals surface area contributed by atoms with E-state index in [-0.39, 0.29) is 0 Å². The zero-order valence-corrected chi connectivity index (χ0v) is 12.8. The molecule has 0 bridgehead atoms. The lowest BCUT2D eigenvalue weighted by Gasteiger charge is -2.08. The van der Waals surface area contributed by atoms with Crippen LogP contribution >= 0.6 is 0 Å². The highest BCUT2D eigenvalue weighted by Gasteiger charge is 2.22. The molecule has 0 spiro atoms. The monoisotopic (exact) mass is 304 g/mol. The fourth-order valence-corrected chi connectivity index (χ4v) is 2.95. The Morgan fingerprint density at radius 2 is 1.91 bits per heavy atom. The average molecular weight is 304 g/mol. The quantitative estimate of drug-likeness (QED) is 0.676. The van der Waals surface area contributed by atoms with Gasteiger partial charge in [-0.05, 0) is 24.1 Å². The molecule has 0 radical (unpaired) electrons. The smallest absolute Gasteiger partial charge is 0.329 e. The molecule has 0 saturated heterocycles. The normalized spacial score (nSPS) is 14.1. The van der Waals surface area contributed by atoms with Crippen molar-refractivity contribution in [2.75, 3.05) is 0 Å². The first-order valence-electron chi connectivity index (χ1n) is 7.72. The standard InChI is InChI=1S/C19H16N2O2/c1-2-13-7-9-14(10-8-13)16-12-21-17-6-4-3-5-15(17)11-18(21)19(22)23-20-16/h3-11H,2,12H2,1H3. The molecule has 0 atom stereocenters. The van der Waals surface area contributed by atoms with Gasteiger partial charge in [-0.2, -0.15) is 0 Å². The van der Waals surface area contributed by atoms with E-state index in [2.05, 4.69) is 24.2 Å². The molecule has 2 aromatic carbocycles. The van der Waals surface area contributed by atoms with Gasteiger partial charge in [0.2, 0.25) is 0 Å². The van der Waals surface area contributed by atoms with E-state index in [1.807, 2.05) is 47.0 Å². The summed E-state index contributed by atoms with van der Waals surface area (Å²) in [6, 6.07) is 18.0. The second-order valence-corrected chi connectivity index (χ2v) is 5.64. The van der Waals surface area contributed by atoms with Gasteiger partial charge in [-0.3, -0.25) is 0 Å². The highest BCUT2D eigenvalue weighted by Crippen LogP contribution is 2.23. The van der Waals surface area contributed by atoms with Crippen LogP contribution in [0.15, 0.2) is 59.8 Å². The fourth-order valence-electron chi connectivity index (χ4n) is 2.95. The van der Waals surface area contributed by atoms with Crippen molar-refractivity contribution < 1.29 is 9.63 Å². The molecule has 4 rings (SSSR count). The number of hydrogen-bond donors (Lipinski definition) is 0. The highest BCUT2D eigenvalue weighted by atomic mass is 16.7. The summed E-state index contributed by atoms with van der Waals surface area (Å²) in [4.78, 5) is 17.3. The second kappa shape index (κ2) is 5.39.